The Labute approximate surface area is 102 Å². The molecule has 0 atom stereocenters. The highest BCUT2D eigenvalue weighted by Crippen LogP contribution is 2.23. The molecule has 0 unspecified atom stereocenters. The first-order valence-corrected chi connectivity index (χ1v) is 5.98. The van der Waals surface area contributed by atoms with Gasteiger partial charge < -0.3 is 0 Å². The number of aromatic nitrogens is 1. The second-order valence-corrected chi connectivity index (χ2v) is 4.94. The van der Waals surface area contributed by atoms with Gasteiger partial charge in [-0.1, -0.05) is 33.6 Å². The van der Waals surface area contributed by atoms with Gasteiger partial charge in [0, 0.05) is 15.2 Å². The van der Waals surface area contributed by atoms with Crippen molar-refractivity contribution in [2.75, 3.05) is 0 Å². The van der Waals surface area contributed by atoms with Crippen molar-refractivity contribution in [1.82, 2.24) is 4.98 Å². The zero-order valence-electron chi connectivity index (χ0n) is 8.87. The molecular formula is C14H10BrN. The van der Waals surface area contributed by atoms with E-state index in [1.54, 1.807) is 0 Å². The maximum atomic E-state index is 4.65. The van der Waals surface area contributed by atoms with Crippen molar-refractivity contribution >= 4 is 37.7 Å². The van der Waals surface area contributed by atoms with Gasteiger partial charge in [0.25, 0.3) is 0 Å². The molecular weight excluding hydrogens is 262 g/mol. The minimum atomic E-state index is 1.03. The average Bonchev–Trinajstić information content (AvgIpc) is 2.26. The molecule has 1 aromatic heterocycles. The second kappa shape index (κ2) is 3.56. The van der Waals surface area contributed by atoms with Crippen LogP contribution < -0.4 is 0 Å². The van der Waals surface area contributed by atoms with Gasteiger partial charge in [0.1, 0.15) is 0 Å². The van der Waals surface area contributed by atoms with Gasteiger partial charge in [-0.15, -0.1) is 0 Å². The van der Waals surface area contributed by atoms with E-state index >= 15 is 0 Å². The van der Waals surface area contributed by atoms with E-state index in [4.69, 9.17) is 0 Å². The van der Waals surface area contributed by atoms with Gasteiger partial charge >= 0.3 is 0 Å². The third kappa shape index (κ3) is 1.59. The van der Waals surface area contributed by atoms with Crippen LogP contribution in [0.2, 0.25) is 0 Å². The van der Waals surface area contributed by atoms with E-state index in [1.807, 2.05) is 6.07 Å². The Morgan fingerprint density at radius 2 is 1.75 bits per heavy atom. The van der Waals surface area contributed by atoms with Gasteiger partial charge in [-0.2, -0.15) is 0 Å². The molecule has 0 aliphatic rings. The van der Waals surface area contributed by atoms with Crippen molar-refractivity contribution in [3.05, 3.63) is 52.5 Å². The molecule has 0 amide bonds. The molecule has 0 saturated carbocycles. The van der Waals surface area contributed by atoms with Crippen LogP contribution >= 0.6 is 15.9 Å². The van der Waals surface area contributed by atoms with Crippen LogP contribution in [0.3, 0.4) is 0 Å². The molecule has 1 heterocycles. The third-order valence-electron chi connectivity index (χ3n) is 2.73. The Balaban J connectivity index is 2.44. The first-order valence-electron chi connectivity index (χ1n) is 5.19. The van der Waals surface area contributed by atoms with Gasteiger partial charge in [-0.25, -0.2) is 4.98 Å². The summed E-state index contributed by atoms with van der Waals surface area (Å²) >= 11 is 3.47. The van der Waals surface area contributed by atoms with Crippen LogP contribution in [0.15, 0.2) is 46.9 Å². The molecule has 0 aliphatic carbocycles. The van der Waals surface area contributed by atoms with Crippen LogP contribution in [-0.2, 0) is 0 Å². The third-order valence-corrected chi connectivity index (χ3v) is 3.22. The van der Waals surface area contributed by atoms with E-state index in [9.17, 15) is 0 Å². The van der Waals surface area contributed by atoms with Crippen LogP contribution in [0.4, 0.5) is 0 Å². The van der Waals surface area contributed by atoms with E-state index in [0.717, 1.165) is 15.5 Å². The van der Waals surface area contributed by atoms with Crippen LogP contribution in [0.25, 0.3) is 21.8 Å². The molecule has 1 nitrogen and oxygen atoms in total. The lowest BCUT2D eigenvalue weighted by atomic mass is 10.1. The van der Waals surface area contributed by atoms with Gasteiger partial charge in [0.15, 0.2) is 0 Å². The molecule has 16 heavy (non-hydrogen) atoms. The summed E-state index contributed by atoms with van der Waals surface area (Å²) in [5, 5.41) is 2.39. The lowest BCUT2D eigenvalue weighted by Gasteiger charge is -2.03. The van der Waals surface area contributed by atoms with E-state index in [2.05, 4.69) is 64.2 Å². The van der Waals surface area contributed by atoms with E-state index in [0.29, 0.717) is 0 Å². The van der Waals surface area contributed by atoms with Gasteiger partial charge in [-0.05, 0) is 37.3 Å². The van der Waals surface area contributed by atoms with Gasteiger partial charge in [0.05, 0.1) is 11.0 Å². The second-order valence-electron chi connectivity index (χ2n) is 4.02. The molecule has 3 aromatic rings. The standard InChI is InChI=1S/C14H10BrN/c1-9-2-5-13-11(6-9)7-10-3-4-12(15)8-14(10)16-13/h2-8H,1H3. The van der Waals surface area contributed by atoms with Crippen LogP contribution in [0.1, 0.15) is 5.56 Å². The molecule has 0 N–H and O–H groups in total. The molecule has 0 radical (unpaired) electrons. The first kappa shape index (κ1) is 9.79. The van der Waals surface area contributed by atoms with Crippen LogP contribution in [-0.4, -0.2) is 4.98 Å². The minimum absolute atomic E-state index is 1.03. The molecule has 3 rings (SSSR count). The number of hydrogen-bond donors (Lipinski definition) is 0. The lowest BCUT2D eigenvalue weighted by Crippen LogP contribution is -1.83. The van der Waals surface area contributed by atoms with Crippen molar-refractivity contribution < 1.29 is 0 Å². The SMILES string of the molecule is Cc1ccc2nc3cc(Br)ccc3cc2c1. The van der Waals surface area contributed by atoms with Crippen molar-refractivity contribution in [1.29, 1.82) is 0 Å². The molecule has 78 valence electrons. The summed E-state index contributed by atoms with van der Waals surface area (Å²) in [6, 6.07) is 14.7. The van der Waals surface area contributed by atoms with E-state index in [-0.39, 0.29) is 0 Å². The molecule has 0 spiro atoms. The molecule has 2 heteroatoms. The van der Waals surface area contributed by atoms with Gasteiger partial charge in [0.2, 0.25) is 0 Å². The van der Waals surface area contributed by atoms with Crippen molar-refractivity contribution in [2.24, 2.45) is 0 Å². The van der Waals surface area contributed by atoms with E-state index in [1.165, 1.54) is 16.3 Å². The number of rotatable bonds is 0. The summed E-state index contributed by atoms with van der Waals surface area (Å²) in [6.45, 7) is 2.10. The topological polar surface area (TPSA) is 12.9 Å². The van der Waals surface area contributed by atoms with Crippen molar-refractivity contribution in [3.63, 3.8) is 0 Å². The summed E-state index contributed by atoms with van der Waals surface area (Å²) in [5.41, 5.74) is 3.35. The Kier molecular flexibility index (Phi) is 2.18. The number of benzene rings is 2. The number of halogens is 1. The summed E-state index contributed by atoms with van der Waals surface area (Å²) in [5.74, 6) is 0. The van der Waals surface area contributed by atoms with Crippen LogP contribution in [0, 0.1) is 6.92 Å². The van der Waals surface area contributed by atoms with Crippen molar-refractivity contribution in [2.45, 2.75) is 6.92 Å². The molecule has 2 aromatic carbocycles. The monoisotopic (exact) mass is 271 g/mol. The fourth-order valence-electron chi connectivity index (χ4n) is 1.92. The highest BCUT2D eigenvalue weighted by Gasteiger charge is 2.00. The summed E-state index contributed by atoms with van der Waals surface area (Å²) < 4.78 is 1.07. The Hall–Kier alpha value is -1.41. The highest BCUT2D eigenvalue weighted by atomic mass is 79.9. The zero-order chi connectivity index (χ0) is 11.1. The normalized spacial score (nSPS) is 11.1. The minimum Gasteiger partial charge on any atom is -0.248 e. The number of hydrogen-bond acceptors (Lipinski definition) is 1. The fourth-order valence-corrected chi connectivity index (χ4v) is 2.27. The fraction of sp³-hybridized carbons (Fsp3) is 0.0714. The molecule has 0 saturated heterocycles. The summed E-state index contributed by atoms with van der Waals surface area (Å²) in [4.78, 5) is 4.65. The predicted octanol–water partition coefficient (Wildman–Crippen LogP) is 4.46. The molecule has 0 bridgehead atoms. The summed E-state index contributed by atoms with van der Waals surface area (Å²) in [6.07, 6.45) is 0. The first-order chi connectivity index (χ1) is 7.72. The highest BCUT2D eigenvalue weighted by molar-refractivity contribution is 9.10. The largest absolute Gasteiger partial charge is 0.248 e. The van der Waals surface area contributed by atoms with E-state index < -0.39 is 0 Å². The van der Waals surface area contributed by atoms with Gasteiger partial charge in [-0.3, -0.25) is 0 Å². The zero-order valence-corrected chi connectivity index (χ0v) is 10.5. The predicted molar refractivity (Wildman–Crippen MR) is 71.7 cm³/mol. The Morgan fingerprint density at radius 3 is 2.62 bits per heavy atom. The Morgan fingerprint density at radius 1 is 0.875 bits per heavy atom. The number of aryl methyl sites for hydroxylation is 1. The summed E-state index contributed by atoms with van der Waals surface area (Å²) in [7, 11) is 0. The number of fused-ring (bicyclic) bond motifs is 2. The maximum absolute atomic E-state index is 4.65. The Bertz CT molecular complexity index is 627. The van der Waals surface area contributed by atoms with Crippen molar-refractivity contribution in [3.8, 4) is 0 Å². The maximum Gasteiger partial charge on any atom is 0.0720 e. The lowest BCUT2D eigenvalue weighted by molar-refractivity contribution is 1.45. The molecule has 0 aliphatic heterocycles. The number of nitrogens with zero attached hydrogens (tertiary/aromatic N) is 1. The number of pyridine rings is 1. The average molecular weight is 272 g/mol. The molecule has 0 fully saturated rings. The smallest absolute Gasteiger partial charge is 0.0720 e. The van der Waals surface area contributed by atoms with Crippen LogP contribution in [0.5, 0.6) is 0 Å². The quantitative estimate of drug-likeness (QED) is 0.550.